The molecule has 124 valence electrons. The Hall–Kier alpha value is -1.98. The molecule has 2 nitrogen and oxygen atoms in total. The molecule has 0 spiro atoms. The summed E-state index contributed by atoms with van der Waals surface area (Å²) >= 11 is 6.72. The molecule has 1 saturated carbocycles. The predicted molar refractivity (Wildman–Crippen MR) is 102 cm³/mol. The highest BCUT2D eigenvalue weighted by Gasteiger charge is 2.55. The lowest BCUT2D eigenvalue weighted by Crippen LogP contribution is -2.48. The quantitative estimate of drug-likeness (QED) is 0.406. The van der Waals surface area contributed by atoms with Gasteiger partial charge in [-0.25, -0.2) is 6.57 Å². The van der Waals surface area contributed by atoms with Gasteiger partial charge in [0.05, 0.1) is 16.7 Å². The number of fused-ring (bicyclic) bond motifs is 1. The maximum atomic E-state index is 7.90. The molecule has 0 radical (unpaired) electrons. The summed E-state index contributed by atoms with van der Waals surface area (Å²) < 4.78 is 0. The number of alkyl halides is 1. The fraction of sp³-hybridized carbons (Fsp3) is 0.381. The molecular formula is C21H23ClN2. The summed E-state index contributed by atoms with van der Waals surface area (Å²) in [7, 11) is 0. The number of aromatic nitrogens is 1. The molecule has 3 heteroatoms. The molecule has 1 fully saturated rings. The Morgan fingerprint density at radius 1 is 1.46 bits per heavy atom. The number of rotatable bonds is 3. The van der Waals surface area contributed by atoms with E-state index >= 15 is 0 Å². The fourth-order valence-electron chi connectivity index (χ4n) is 4.15. The van der Waals surface area contributed by atoms with Gasteiger partial charge in [0.1, 0.15) is 0 Å². The Kier molecular flexibility index (Phi) is 4.32. The molecular weight excluding hydrogens is 316 g/mol. The standard InChI is InChI=1S/C21H23ClN2/c1-6-21(4)18(22)11-15(13(2)3)19(20(21)23-5)16-12-24-17-10-8-7-9-14(16)17/h6-10,12,15,18-20,24H,1-2,11H2,3-4H3/t15-,18-,19?,20-,21+/m1/s1. The summed E-state index contributed by atoms with van der Waals surface area (Å²) in [4.78, 5) is 7.39. The molecule has 1 aliphatic rings. The Morgan fingerprint density at radius 3 is 2.79 bits per heavy atom. The van der Waals surface area contributed by atoms with Crippen LogP contribution in [0.1, 0.15) is 31.7 Å². The van der Waals surface area contributed by atoms with Gasteiger partial charge in [-0.15, -0.1) is 18.2 Å². The number of allylic oxidation sites excluding steroid dienone is 1. The van der Waals surface area contributed by atoms with E-state index in [9.17, 15) is 0 Å². The molecule has 0 aliphatic heterocycles. The molecule has 24 heavy (non-hydrogen) atoms. The van der Waals surface area contributed by atoms with Crippen molar-refractivity contribution in [1.82, 2.24) is 4.98 Å². The van der Waals surface area contributed by atoms with E-state index in [0.29, 0.717) is 0 Å². The van der Waals surface area contributed by atoms with Crippen molar-refractivity contribution in [3.63, 3.8) is 0 Å². The number of hydrogen-bond donors (Lipinski definition) is 1. The van der Waals surface area contributed by atoms with Crippen LogP contribution in [0.5, 0.6) is 0 Å². The lowest BCUT2D eigenvalue weighted by Gasteiger charge is -2.45. The summed E-state index contributed by atoms with van der Waals surface area (Å²) in [6.07, 6.45) is 4.75. The van der Waals surface area contributed by atoms with Crippen LogP contribution >= 0.6 is 11.6 Å². The van der Waals surface area contributed by atoms with Crippen LogP contribution in [-0.2, 0) is 0 Å². The number of aromatic amines is 1. The van der Waals surface area contributed by atoms with Crippen molar-refractivity contribution in [3.05, 3.63) is 72.2 Å². The van der Waals surface area contributed by atoms with E-state index in [1.165, 1.54) is 10.9 Å². The van der Waals surface area contributed by atoms with Crippen molar-refractivity contribution in [1.29, 1.82) is 0 Å². The second-order valence-electron chi connectivity index (χ2n) is 7.12. The van der Waals surface area contributed by atoms with Gasteiger partial charge >= 0.3 is 0 Å². The monoisotopic (exact) mass is 338 g/mol. The zero-order valence-corrected chi connectivity index (χ0v) is 15.0. The second-order valence-corrected chi connectivity index (χ2v) is 7.64. The van der Waals surface area contributed by atoms with E-state index in [-0.39, 0.29) is 23.3 Å². The summed E-state index contributed by atoms with van der Waals surface area (Å²) in [5.41, 5.74) is 2.97. The van der Waals surface area contributed by atoms with Gasteiger partial charge < -0.3 is 9.83 Å². The van der Waals surface area contributed by atoms with Gasteiger partial charge in [-0.2, -0.15) is 0 Å². The maximum Gasteiger partial charge on any atom is 0.241 e. The van der Waals surface area contributed by atoms with Crippen LogP contribution in [0.15, 0.2) is 55.3 Å². The topological polar surface area (TPSA) is 20.1 Å². The first kappa shape index (κ1) is 16.9. The normalized spacial score (nSPS) is 33.1. The average Bonchev–Trinajstić information content (AvgIpc) is 3.00. The van der Waals surface area contributed by atoms with Gasteiger partial charge in [-0.1, -0.05) is 36.4 Å². The summed E-state index contributed by atoms with van der Waals surface area (Å²) in [5, 5.41) is 1.07. The first-order chi connectivity index (χ1) is 11.4. The summed E-state index contributed by atoms with van der Waals surface area (Å²) in [6.45, 7) is 20.2. The highest BCUT2D eigenvalue weighted by Crippen LogP contribution is 2.54. The molecule has 1 aromatic carbocycles. The summed E-state index contributed by atoms with van der Waals surface area (Å²) in [5.74, 6) is 0.257. The van der Waals surface area contributed by atoms with Crippen molar-refractivity contribution in [3.8, 4) is 0 Å². The van der Waals surface area contributed by atoms with E-state index in [1.54, 1.807) is 0 Å². The first-order valence-corrected chi connectivity index (χ1v) is 8.73. The average molecular weight is 339 g/mol. The Bertz CT molecular complexity index is 828. The minimum Gasteiger partial charge on any atom is -0.361 e. The van der Waals surface area contributed by atoms with Crippen molar-refractivity contribution < 1.29 is 0 Å². The zero-order valence-electron chi connectivity index (χ0n) is 14.2. The van der Waals surface area contributed by atoms with Gasteiger partial charge in [0.15, 0.2) is 0 Å². The minimum atomic E-state index is -0.418. The lowest BCUT2D eigenvalue weighted by molar-refractivity contribution is 0.202. The third-order valence-corrected chi connectivity index (χ3v) is 6.39. The molecule has 1 N–H and O–H groups in total. The number of H-pyrrole nitrogens is 1. The molecule has 1 aliphatic carbocycles. The molecule has 3 rings (SSSR count). The minimum absolute atomic E-state index is 0.0640. The Labute approximate surface area is 149 Å². The molecule has 1 unspecified atom stereocenters. The van der Waals surface area contributed by atoms with Gasteiger partial charge in [0, 0.05) is 17.1 Å². The lowest BCUT2D eigenvalue weighted by atomic mass is 9.59. The number of nitrogens with one attached hydrogen (secondary N) is 1. The van der Waals surface area contributed by atoms with E-state index in [0.717, 1.165) is 17.5 Å². The number of halogens is 1. The number of benzene rings is 1. The van der Waals surface area contributed by atoms with E-state index in [2.05, 4.69) is 48.2 Å². The third-order valence-electron chi connectivity index (χ3n) is 5.74. The van der Waals surface area contributed by atoms with Gasteiger partial charge in [0.2, 0.25) is 6.04 Å². The molecule has 1 aromatic heterocycles. The summed E-state index contributed by atoms with van der Waals surface area (Å²) in [6, 6.07) is 8.00. The van der Waals surface area contributed by atoms with Crippen LogP contribution in [0.2, 0.25) is 0 Å². The van der Waals surface area contributed by atoms with Crippen molar-refractivity contribution >= 4 is 22.5 Å². The molecule has 0 saturated heterocycles. The number of hydrogen-bond acceptors (Lipinski definition) is 0. The van der Waals surface area contributed by atoms with Gasteiger partial charge in [0.25, 0.3) is 0 Å². The molecule has 0 amide bonds. The third kappa shape index (κ3) is 2.39. The first-order valence-electron chi connectivity index (χ1n) is 8.29. The maximum absolute atomic E-state index is 7.90. The predicted octanol–water partition coefficient (Wildman–Crippen LogP) is 5.94. The molecule has 5 atom stereocenters. The highest BCUT2D eigenvalue weighted by atomic mass is 35.5. The fourth-order valence-corrected chi connectivity index (χ4v) is 4.56. The van der Waals surface area contributed by atoms with Crippen molar-refractivity contribution in [2.45, 2.75) is 37.6 Å². The number of para-hydroxylation sites is 1. The van der Waals surface area contributed by atoms with Gasteiger partial charge in [-0.05, 0) is 37.8 Å². The Balaban J connectivity index is 2.21. The zero-order chi connectivity index (χ0) is 17.5. The van der Waals surface area contributed by atoms with Crippen LogP contribution in [0.3, 0.4) is 0 Å². The second kappa shape index (κ2) is 6.15. The molecule has 2 aromatic rings. The number of nitrogens with zero attached hydrogens (tertiary/aromatic N) is 1. The van der Waals surface area contributed by atoms with E-state index < -0.39 is 5.41 Å². The molecule has 0 bridgehead atoms. The van der Waals surface area contributed by atoms with E-state index in [4.69, 9.17) is 18.2 Å². The molecule has 1 heterocycles. The SMILES string of the molecule is [C-]#[N+][C@@H]1C(c2c[nH]c3ccccc23)[C@@H](C(=C)C)C[C@@H](Cl)[C@]1(C)C=C. The Morgan fingerprint density at radius 2 is 2.17 bits per heavy atom. The highest BCUT2D eigenvalue weighted by molar-refractivity contribution is 6.21. The van der Waals surface area contributed by atoms with Crippen LogP contribution < -0.4 is 0 Å². The van der Waals surface area contributed by atoms with E-state index in [1.807, 2.05) is 25.1 Å². The van der Waals surface area contributed by atoms with Gasteiger partial charge in [-0.3, -0.25) is 0 Å². The van der Waals surface area contributed by atoms with Crippen LogP contribution in [-0.4, -0.2) is 16.4 Å². The van der Waals surface area contributed by atoms with Crippen LogP contribution in [0, 0.1) is 17.9 Å². The van der Waals surface area contributed by atoms with Crippen molar-refractivity contribution in [2.75, 3.05) is 0 Å². The van der Waals surface area contributed by atoms with Crippen molar-refractivity contribution in [2.24, 2.45) is 11.3 Å². The van der Waals surface area contributed by atoms with Crippen LogP contribution in [0.4, 0.5) is 0 Å². The largest absolute Gasteiger partial charge is 0.361 e. The van der Waals surface area contributed by atoms with Crippen LogP contribution in [0.25, 0.3) is 15.7 Å². The smallest absolute Gasteiger partial charge is 0.241 e.